The zero-order valence-corrected chi connectivity index (χ0v) is 25.6. The van der Waals surface area contributed by atoms with Crippen molar-refractivity contribution in [1.82, 2.24) is 0 Å². The predicted octanol–water partition coefficient (Wildman–Crippen LogP) is 11.6. The zero-order chi connectivity index (χ0) is 30.1. The van der Waals surface area contributed by atoms with Crippen molar-refractivity contribution in [3.63, 3.8) is 0 Å². The fourth-order valence-corrected chi connectivity index (χ4v) is 7.22. The summed E-state index contributed by atoms with van der Waals surface area (Å²) in [5, 5.41) is 0. The Bertz CT molecular complexity index is 2040. The van der Waals surface area contributed by atoms with Gasteiger partial charge in [0.25, 0.3) is 0 Å². The van der Waals surface area contributed by atoms with Crippen LogP contribution in [0.1, 0.15) is 49.9 Å². The second-order valence-corrected chi connectivity index (χ2v) is 13.1. The Balaban J connectivity index is 1.24. The smallest absolute Gasteiger partial charge is 0.131 e. The Morgan fingerprint density at radius 2 is 0.932 bits per heavy atom. The fourth-order valence-electron chi connectivity index (χ4n) is 7.22. The van der Waals surface area contributed by atoms with Gasteiger partial charge in [0.1, 0.15) is 11.5 Å². The number of rotatable bonds is 3. The molecule has 2 heteroatoms. The van der Waals surface area contributed by atoms with Crippen molar-refractivity contribution in [2.24, 2.45) is 0 Å². The highest BCUT2D eigenvalue weighted by Gasteiger charge is 2.38. The molecular weight excluding hydrogens is 534 g/mol. The van der Waals surface area contributed by atoms with Crippen LogP contribution < -0.4 is 9.64 Å². The topological polar surface area (TPSA) is 12.5 Å². The maximum atomic E-state index is 6.36. The molecule has 0 saturated carbocycles. The van der Waals surface area contributed by atoms with Gasteiger partial charge >= 0.3 is 0 Å². The van der Waals surface area contributed by atoms with E-state index in [9.17, 15) is 0 Å². The molecule has 0 N–H and O–H groups in total. The van der Waals surface area contributed by atoms with Crippen LogP contribution in [0.2, 0.25) is 0 Å². The molecule has 2 heterocycles. The van der Waals surface area contributed by atoms with Gasteiger partial charge in [-0.25, -0.2) is 0 Å². The minimum absolute atomic E-state index is 0.157. The molecule has 0 bridgehead atoms. The number of nitrogens with zero attached hydrogens (tertiary/aromatic N) is 1. The Morgan fingerprint density at radius 1 is 0.409 bits per heavy atom. The lowest BCUT2D eigenvalue weighted by molar-refractivity contribution is 0.418. The number of benzene rings is 6. The Hall–Kier alpha value is -5.08. The van der Waals surface area contributed by atoms with Crippen LogP contribution in [0.5, 0.6) is 11.5 Å². The standard InChI is InChI=1S/C42H35NO/c1-41(2)33-14-8-10-16-37(33)43(32-22-18-29(19-23-32)28-12-6-5-7-13-28)38-24-20-30(26-35(38)41)31-21-25-40-36(27-31)42(3,4)34-15-9-11-17-39(34)44-40/h5-27H,1-4H3. The summed E-state index contributed by atoms with van der Waals surface area (Å²) in [6.07, 6.45) is 0. The minimum Gasteiger partial charge on any atom is -0.457 e. The van der Waals surface area contributed by atoms with E-state index in [0.29, 0.717) is 0 Å². The molecule has 44 heavy (non-hydrogen) atoms. The molecular formula is C42H35NO. The van der Waals surface area contributed by atoms with Gasteiger partial charge in [-0.3, -0.25) is 0 Å². The summed E-state index contributed by atoms with van der Waals surface area (Å²) in [6.45, 7) is 9.30. The van der Waals surface area contributed by atoms with E-state index < -0.39 is 0 Å². The summed E-state index contributed by atoms with van der Waals surface area (Å²) in [5.74, 6) is 1.89. The molecule has 6 aromatic carbocycles. The molecule has 214 valence electrons. The molecule has 2 aliphatic heterocycles. The Kier molecular flexibility index (Phi) is 5.86. The van der Waals surface area contributed by atoms with E-state index in [1.54, 1.807) is 0 Å². The zero-order valence-electron chi connectivity index (χ0n) is 25.6. The van der Waals surface area contributed by atoms with Gasteiger partial charge in [-0.2, -0.15) is 0 Å². The lowest BCUT2D eigenvalue weighted by Crippen LogP contribution is -2.30. The number of hydrogen-bond donors (Lipinski definition) is 0. The third kappa shape index (κ3) is 4.02. The van der Waals surface area contributed by atoms with Crippen molar-refractivity contribution < 1.29 is 4.74 Å². The fraction of sp³-hybridized carbons (Fsp3) is 0.143. The summed E-state index contributed by atoms with van der Waals surface area (Å²) in [5.41, 5.74) is 13.2. The molecule has 0 radical (unpaired) electrons. The van der Waals surface area contributed by atoms with Crippen molar-refractivity contribution in [1.29, 1.82) is 0 Å². The maximum Gasteiger partial charge on any atom is 0.131 e. The van der Waals surface area contributed by atoms with Crippen LogP contribution in [0.15, 0.2) is 140 Å². The van der Waals surface area contributed by atoms with E-state index in [4.69, 9.17) is 4.74 Å². The van der Waals surface area contributed by atoms with Crippen molar-refractivity contribution in [3.8, 4) is 33.8 Å². The molecule has 0 atom stereocenters. The van der Waals surface area contributed by atoms with Crippen LogP contribution in [0.4, 0.5) is 17.1 Å². The molecule has 2 aliphatic rings. The average molecular weight is 570 g/mol. The molecule has 8 rings (SSSR count). The van der Waals surface area contributed by atoms with Crippen molar-refractivity contribution in [2.75, 3.05) is 4.90 Å². The summed E-state index contributed by atoms with van der Waals surface area (Å²) in [6, 6.07) is 50.4. The molecule has 0 saturated heterocycles. The van der Waals surface area contributed by atoms with E-state index in [2.05, 4.69) is 166 Å². The Labute approximate surface area is 260 Å². The van der Waals surface area contributed by atoms with Gasteiger partial charge in [0.15, 0.2) is 0 Å². The summed E-state index contributed by atoms with van der Waals surface area (Å²) in [4.78, 5) is 2.43. The quantitative estimate of drug-likeness (QED) is 0.210. The van der Waals surface area contributed by atoms with Gasteiger partial charge < -0.3 is 9.64 Å². The van der Waals surface area contributed by atoms with Crippen molar-refractivity contribution >= 4 is 17.1 Å². The van der Waals surface area contributed by atoms with E-state index in [0.717, 1.165) is 17.2 Å². The van der Waals surface area contributed by atoms with Gasteiger partial charge in [-0.15, -0.1) is 0 Å². The first kappa shape index (κ1) is 26.5. The van der Waals surface area contributed by atoms with Gasteiger partial charge in [0, 0.05) is 27.6 Å². The highest BCUT2D eigenvalue weighted by atomic mass is 16.5. The van der Waals surface area contributed by atoms with Gasteiger partial charge in [0.05, 0.1) is 11.4 Å². The first-order valence-electron chi connectivity index (χ1n) is 15.4. The van der Waals surface area contributed by atoms with Gasteiger partial charge in [0.2, 0.25) is 0 Å². The lowest BCUT2D eigenvalue weighted by Gasteiger charge is -2.42. The van der Waals surface area contributed by atoms with Crippen LogP contribution in [-0.4, -0.2) is 0 Å². The third-order valence-electron chi connectivity index (χ3n) is 9.73. The highest BCUT2D eigenvalue weighted by Crippen LogP contribution is 2.53. The largest absolute Gasteiger partial charge is 0.457 e. The van der Waals surface area contributed by atoms with Crippen LogP contribution >= 0.6 is 0 Å². The number of para-hydroxylation sites is 2. The second kappa shape index (κ2) is 9.72. The number of hydrogen-bond acceptors (Lipinski definition) is 2. The molecule has 6 aromatic rings. The molecule has 0 fully saturated rings. The molecule has 2 nitrogen and oxygen atoms in total. The Morgan fingerprint density at radius 3 is 1.70 bits per heavy atom. The first-order valence-corrected chi connectivity index (χ1v) is 15.4. The lowest BCUT2D eigenvalue weighted by atomic mass is 9.72. The first-order chi connectivity index (χ1) is 21.3. The summed E-state index contributed by atoms with van der Waals surface area (Å²) >= 11 is 0. The number of ether oxygens (including phenoxy) is 1. The molecule has 0 aromatic heterocycles. The van der Waals surface area contributed by atoms with Crippen LogP contribution in [0.25, 0.3) is 22.3 Å². The third-order valence-corrected chi connectivity index (χ3v) is 9.73. The van der Waals surface area contributed by atoms with E-state index in [1.807, 2.05) is 6.07 Å². The van der Waals surface area contributed by atoms with E-state index in [1.165, 1.54) is 55.9 Å². The maximum absolute atomic E-state index is 6.36. The van der Waals surface area contributed by atoms with Crippen LogP contribution in [0, 0.1) is 0 Å². The second-order valence-electron chi connectivity index (χ2n) is 13.1. The predicted molar refractivity (Wildman–Crippen MR) is 183 cm³/mol. The highest BCUT2D eigenvalue weighted by molar-refractivity contribution is 5.88. The van der Waals surface area contributed by atoms with E-state index >= 15 is 0 Å². The number of fused-ring (bicyclic) bond motifs is 4. The van der Waals surface area contributed by atoms with Crippen LogP contribution in [0.3, 0.4) is 0 Å². The van der Waals surface area contributed by atoms with Crippen molar-refractivity contribution in [2.45, 2.75) is 38.5 Å². The normalized spacial score (nSPS) is 15.3. The molecule has 0 spiro atoms. The molecule has 0 unspecified atom stereocenters. The molecule has 0 amide bonds. The molecule has 0 aliphatic carbocycles. The van der Waals surface area contributed by atoms with E-state index in [-0.39, 0.29) is 10.8 Å². The average Bonchev–Trinajstić information content (AvgIpc) is 3.06. The monoisotopic (exact) mass is 569 g/mol. The van der Waals surface area contributed by atoms with Gasteiger partial charge in [-0.1, -0.05) is 119 Å². The SMILES string of the molecule is CC1(C)c2ccccc2Oc2ccc(-c3ccc4c(c3)C(C)(C)c3ccccc3N4c3ccc(-c4ccccc4)cc3)cc21. The van der Waals surface area contributed by atoms with Gasteiger partial charge in [-0.05, 0) is 81.9 Å². The summed E-state index contributed by atoms with van der Waals surface area (Å²) in [7, 11) is 0. The minimum atomic E-state index is -0.169. The number of anilines is 3. The van der Waals surface area contributed by atoms with Crippen molar-refractivity contribution in [3.05, 3.63) is 162 Å². The van der Waals surface area contributed by atoms with Crippen LogP contribution in [-0.2, 0) is 10.8 Å². The summed E-state index contributed by atoms with van der Waals surface area (Å²) < 4.78 is 6.36.